The summed E-state index contributed by atoms with van der Waals surface area (Å²) in [6, 6.07) is 0.464. The lowest BCUT2D eigenvalue weighted by atomic mass is 9.67. The number of fused-ring (bicyclic) bond motifs is 3. The molecule has 0 aromatic carbocycles. The largest absolute Gasteiger partial charge is 0.351 e. The predicted octanol–water partition coefficient (Wildman–Crippen LogP) is 2.52. The second-order valence-electron chi connectivity index (χ2n) is 7.92. The van der Waals surface area contributed by atoms with Crippen molar-refractivity contribution in [1.29, 1.82) is 0 Å². The number of thiophene rings is 1. The van der Waals surface area contributed by atoms with Crippen molar-refractivity contribution < 1.29 is 4.79 Å². The highest BCUT2D eigenvalue weighted by atomic mass is 35.5. The van der Waals surface area contributed by atoms with Gasteiger partial charge in [0.25, 0.3) is 5.56 Å². The highest BCUT2D eigenvalue weighted by molar-refractivity contribution is 7.18. The summed E-state index contributed by atoms with van der Waals surface area (Å²) in [7, 11) is 0. The Hall–Kier alpha value is -1.44. The summed E-state index contributed by atoms with van der Waals surface area (Å²) in [6.07, 6.45) is 6.97. The summed E-state index contributed by atoms with van der Waals surface area (Å²) in [5.41, 5.74) is 7.00. The van der Waals surface area contributed by atoms with E-state index in [1.165, 1.54) is 28.7 Å². The van der Waals surface area contributed by atoms with Crippen LogP contribution in [0.15, 0.2) is 11.1 Å². The van der Waals surface area contributed by atoms with E-state index in [1.54, 1.807) is 0 Å². The summed E-state index contributed by atoms with van der Waals surface area (Å²) in [4.78, 5) is 31.6. The zero-order chi connectivity index (χ0) is 18.4. The topological polar surface area (TPSA) is 90.0 Å². The quantitative estimate of drug-likeness (QED) is 0.813. The van der Waals surface area contributed by atoms with E-state index in [9.17, 15) is 9.59 Å². The number of rotatable bonds is 3. The van der Waals surface area contributed by atoms with Crippen LogP contribution in [-0.2, 0) is 11.3 Å². The van der Waals surface area contributed by atoms with E-state index in [2.05, 4.69) is 10.3 Å². The fraction of sp³-hybridized carbons (Fsp3) is 0.632. The van der Waals surface area contributed by atoms with Gasteiger partial charge in [-0.3, -0.25) is 14.2 Å². The molecule has 6 nitrogen and oxygen atoms in total. The maximum Gasteiger partial charge on any atom is 0.262 e. The van der Waals surface area contributed by atoms with E-state index in [0.29, 0.717) is 17.2 Å². The molecule has 3 N–H and O–H groups in total. The number of aromatic nitrogens is 2. The van der Waals surface area contributed by atoms with Crippen molar-refractivity contribution in [3.63, 3.8) is 0 Å². The van der Waals surface area contributed by atoms with Gasteiger partial charge in [0.2, 0.25) is 5.91 Å². The zero-order valence-corrected chi connectivity index (χ0v) is 17.4. The number of aryl methyl sites for hydroxylation is 2. The predicted molar refractivity (Wildman–Crippen MR) is 111 cm³/mol. The zero-order valence-electron chi connectivity index (χ0n) is 15.7. The van der Waals surface area contributed by atoms with Gasteiger partial charge in [0, 0.05) is 17.0 Å². The number of carbonyl (C=O) groups excluding carboxylic acids is 1. The van der Waals surface area contributed by atoms with Crippen LogP contribution < -0.4 is 16.6 Å². The monoisotopic (exact) mass is 410 g/mol. The molecule has 0 aliphatic heterocycles. The van der Waals surface area contributed by atoms with Crippen LogP contribution in [0.2, 0.25) is 0 Å². The maximum absolute atomic E-state index is 12.8. The molecule has 2 atom stereocenters. The summed E-state index contributed by atoms with van der Waals surface area (Å²) < 4.78 is 1.43. The standard InChI is InChI=1S/C19H26N4O2S.ClH/c1-10-11(2)26-18-16(10)19(25)23(9-21-18)8-15(24)22-17-12-4-3-5-13(17)7-14(20)6-12;/h9,12-14,17H,3-8,20H2,1-2H3,(H,22,24);1H. The van der Waals surface area contributed by atoms with E-state index in [-0.39, 0.29) is 42.5 Å². The average molecular weight is 411 g/mol. The Labute approximate surface area is 169 Å². The van der Waals surface area contributed by atoms with Crippen LogP contribution in [0.3, 0.4) is 0 Å². The lowest BCUT2D eigenvalue weighted by Gasteiger charge is -2.45. The number of halogens is 1. The molecule has 2 aromatic heterocycles. The van der Waals surface area contributed by atoms with E-state index >= 15 is 0 Å². The van der Waals surface area contributed by atoms with E-state index < -0.39 is 0 Å². The first-order valence-electron chi connectivity index (χ1n) is 9.44. The smallest absolute Gasteiger partial charge is 0.262 e. The van der Waals surface area contributed by atoms with Crippen LogP contribution in [0.1, 0.15) is 42.5 Å². The minimum atomic E-state index is -0.127. The Bertz CT molecular complexity index is 895. The molecule has 4 rings (SSSR count). The highest BCUT2D eigenvalue weighted by Gasteiger charge is 2.39. The Morgan fingerprint density at radius 3 is 2.67 bits per heavy atom. The first kappa shape index (κ1) is 20.3. The Morgan fingerprint density at radius 1 is 1.33 bits per heavy atom. The van der Waals surface area contributed by atoms with E-state index in [4.69, 9.17) is 5.73 Å². The molecule has 1 amide bonds. The minimum absolute atomic E-state index is 0. The maximum atomic E-state index is 12.8. The van der Waals surface area contributed by atoms with Crippen molar-refractivity contribution in [2.45, 2.75) is 64.6 Å². The normalized spacial score (nSPS) is 27.2. The van der Waals surface area contributed by atoms with Crippen molar-refractivity contribution >= 4 is 39.9 Å². The third kappa shape index (κ3) is 3.77. The third-order valence-electron chi connectivity index (χ3n) is 6.17. The van der Waals surface area contributed by atoms with Crippen LogP contribution in [0, 0.1) is 25.7 Å². The van der Waals surface area contributed by atoms with Crippen LogP contribution in [0.4, 0.5) is 0 Å². The van der Waals surface area contributed by atoms with Gasteiger partial charge in [-0.1, -0.05) is 6.42 Å². The molecule has 0 radical (unpaired) electrons. The highest BCUT2D eigenvalue weighted by Crippen LogP contribution is 2.39. The Morgan fingerprint density at radius 2 is 2.00 bits per heavy atom. The van der Waals surface area contributed by atoms with Gasteiger partial charge in [-0.05, 0) is 56.9 Å². The van der Waals surface area contributed by atoms with Crippen LogP contribution >= 0.6 is 23.7 Å². The van der Waals surface area contributed by atoms with Crippen LogP contribution in [0.5, 0.6) is 0 Å². The van der Waals surface area contributed by atoms with Crippen molar-refractivity contribution in [2.75, 3.05) is 0 Å². The average Bonchev–Trinajstić information content (AvgIpc) is 2.86. The number of carbonyl (C=O) groups is 1. The van der Waals surface area contributed by atoms with E-state index in [1.807, 2.05) is 13.8 Å². The number of nitrogens with one attached hydrogen (secondary N) is 1. The molecule has 0 spiro atoms. The van der Waals surface area contributed by atoms with Gasteiger partial charge in [-0.2, -0.15) is 0 Å². The van der Waals surface area contributed by atoms with Gasteiger partial charge in [-0.15, -0.1) is 23.7 Å². The number of hydrogen-bond donors (Lipinski definition) is 2. The summed E-state index contributed by atoms with van der Waals surface area (Å²) in [6.45, 7) is 3.96. The van der Waals surface area contributed by atoms with Gasteiger partial charge in [0.1, 0.15) is 11.4 Å². The first-order chi connectivity index (χ1) is 12.4. The van der Waals surface area contributed by atoms with Gasteiger partial charge < -0.3 is 11.1 Å². The number of nitrogens with two attached hydrogens (primary N) is 1. The number of hydrogen-bond acceptors (Lipinski definition) is 5. The fourth-order valence-electron chi connectivity index (χ4n) is 4.79. The molecule has 2 aromatic rings. The Balaban J connectivity index is 0.00000210. The summed E-state index contributed by atoms with van der Waals surface area (Å²) in [5.74, 6) is 0.844. The molecule has 2 aliphatic carbocycles. The lowest BCUT2D eigenvalue weighted by molar-refractivity contribution is -0.124. The van der Waals surface area contributed by atoms with Crippen molar-refractivity contribution in [3.8, 4) is 0 Å². The van der Waals surface area contributed by atoms with Crippen molar-refractivity contribution in [1.82, 2.24) is 14.9 Å². The van der Waals surface area contributed by atoms with Gasteiger partial charge in [0.05, 0.1) is 11.7 Å². The van der Waals surface area contributed by atoms with Gasteiger partial charge in [-0.25, -0.2) is 4.98 Å². The third-order valence-corrected chi connectivity index (χ3v) is 7.29. The fourth-order valence-corrected chi connectivity index (χ4v) is 5.78. The summed E-state index contributed by atoms with van der Waals surface area (Å²) in [5, 5.41) is 3.85. The van der Waals surface area contributed by atoms with E-state index in [0.717, 1.165) is 41.0 Å². The summed E-state index contributed by atoms with van der Waals surface area (Å²) >= 11 is 1.52. The van der Waals surface area contributed by atoms with Crippen LogP contribution in [0.25, 0.3) is 10.2 Å². The van der Waals surface area contributed by atoms with Gasteiger partial charge in [0.15, 0.2) is 0 Å². The van der Waals surface area contributed by atoms with Crippen LogP contribution in [-0.4, -0.2) is 27.5 Å². The molecule has 27 heavy (non-hydrogen) atoms. The second kappa shape index (κ2) is 7.89. The molecule has 2 heterocycles. The molecule has 148 valence electrons. The molecular formula is C19H27ClN4O2S. The molecular weight excluding hydrogens is 384 g/mol. The molecule has 2 fully saturated rings. The lowest BCUT2D eigenvalue weighted by Crippen LogP contribution is -2.54. The Kier molecular flexibility index (Phi) is 5.93. The molecule has 0 saturated heterocycles. The number of nitrogens with zero attached hydrogens (tertiary/aromatic N) is 2. The molecule has 2 aliphatic rings. The van der Waals surface area contributed by atoms with Gasteiger partial charge >= 0.3 is 0 Å². The molecule has 8 heteroatoms. The molecule has 2 saturated carbocycles. The first-order valence-corrected chi connectivity index (χ1v) is 10.3. The van der Waals surface area contributed by atoms with Crippen molar-refractivity contribution in [3.05, 3.63) is 27.1 Å². The molecule has 2 bridgehead atoms. The number of amides is 1. The molecule has 2 unspecified atom stereocenters. The second-order valence-corrected chi connectivity index (χ2v) is 9.12. The minimum Gasteiger partial charge on any atom is -0.351 e. The van der Waals surface area contributed by atoms with Crippen molar-refractivity contribution in [2.24, 2.45) is 17.6 Å². The SMILES string of the molecule is Cc1sc2ncn(CC(=O)NC3C4CCCC3CC(N)C4)c(=O)c2c1C.Cl.